The molecule has 1 saturated heterocycles. The van der Waals surface area contributed by atoms with Crippen LogP contribution in [0.3, 0.4) is 0 Å². The van der Waals surface area contributed by atoms with Crippen LogP contribution in [0.5, 0.6) is 17.2 Å². The third-order valence-electron chi connectivity index (χ3n) is 4.83. The molecule has 0 bridgehead atoms. The van der Waals surface area contributed by atoms with E-state index < -0.39 is 9.84 Å². The molecule has 1 amide bonds. The predicted molar refractivity (Wildman–Crippen MR) is 107 cm³/mol. The highest BCUT2D eigenvalue weighted by molar-refractivity contribution is 7.92. The molecule has 0 unspecified atom stereocenters. The molecule has 1 aromatic carbocycles. The predicted octanol–water partition coefficient (Wildman–Crippen LogP) is 1.99. The van der Waals surface area contributed by atoms with E-state index in [0.717, 1.165) is 30.6 Å². The second-order valence-corrected chi connectivity index (χ2v) is 9.69. The second-order valence-electron chi connectivity index (χ2n) is 6.72. The van der Waals surface area contributed by atoms with Crippen molar-refractivity contribution in [2.24, 2.45) is 0 Å². The number of hydrogen-bond donors (Lipinski definition) is 0. The summed E-state index contributed by atoms with van der Waals surface area (Å²) in [6.07, 6.45) is 2.63. The maximum Gasteiger partial charge on any atom is 0.254 e. The Balaban J connectivity index is 1.88. The summed E-state index contributed by atoms with van der Waals surface area (Å²) in [5.41, 5.74) is 0.847. The van der Waals surface area contributed by atoms with Crippen molar-refractivity contribution in [3.63, 3.8) is 0 Å². The first-order valence-corrected chi connectivity index (χ1v) is 11.6. The van der Waals surface area contributed by atoms with E-state index in [0.29, 0.717) is 41.6 Å². The fourth-order valence-electron chi connectivity index (χ4n) is 3.47. The van der Waals surface area contributed by atoms with Gasteiger partial charge in [-0.25, -0.2) is 8.42 Å². The lowest BCUT2D eigenvalue weighted by molar-refractivity contribution is 0.0704. The van der Waals surface area contributed by atoms with Crippen LogP contribution in [0.2, 0.25) is 0 Å². The van der Waals surface area contributed by atoms with E-state index in [2.05, 4.69) is 9.59 Å². The summed E-state index contributed by atoms with van der Waals surface area (Å²) in [6.45, 7) is 0.932. The summed E-state index contributed by atoms with van der Waals surface area (Å²) >= 11 is 0.871. The molecule has 9 nitrogen and oxygen atoms in total. The molecule has 1 atom stereocenters. The molecule has 158 valence electrons. The number of aromatic nitrogens is 2. The summed E-state index contributed by atoms with van der Waals surface area (Å²) in [5.74, 6) is 0.823. The van der Waals surface area contributed by atoms with Crippen molar-refractivity contribution in [3.05, 3.63) is 23.4 Å². The van der Waals surface area contributed by atoms with Crippen molar-refractivity contribution in [1.82, 2.24) is 14.5 Å². The molecule has 3 rings (SSSR count). The smallest absolute Gasteiger partial charge is 0.254 e. The van der Waals surface area contributed by atoms with Crippen molar-refractivity contribution in [3.8, 4) is 17.2 Å². The van der Waals surface area contributed by atoms with Gasteiger partial charge in [-0.1, -0.05) is 4.49 Å². The van der Waals surface area contributed by atoms with E-state index in [1.807, 2.05) is 0 Å². The van der Waals surface area contributed by atoms with E-state index in [1.54, 1.807) is 17.0 Å². The minimum Gasteiger partial charge on any atom is -0.493 e. The summed E-state index contributed by atoms with van der Waals surface area (Å²) in [7, 11) is 1.07. The normalized spacial score (nSPS) is 17.1. The quantitative estimate of drug-likeness (QED) is 0.670. The average molecular weight is 442 g/mol. The second kappa shape index (κ2) is 8.54. The molecule has 0 radical (unpaired) electrons. The third kappa shape index (κ3) is 4.30. The van der Waals surface area contributed by atoms with E-state index in [9.17, 15) is 13.2 Å². The molecule has 1 aromatic heterocycles. The number of carbonyl (C=O) groups excluding carboxylic acids is 1. The molecule has 11 heteroatoms. The minimum absolute atomic E-state index is 0.171. The monoisotopic (exact) mass is 441 g/mol. The lowest BCUT2D eigenvalue weighted by Gasteiger charge is -2.32. The Morgan fingerprint density at radius 3 is 2.38 bits per heavy atom. The number of carbonyl (C=O) groups is 1. The van der Waals surface area contributed by atoms with Gasteiger partial charge in [-0.15, -0.1) is 5.10 Å². The first kappa shape index (κ1) is 21.3. The number of benzene rings is 1. The molecule has 1 aliphatic rings. The van der Waals surface area contributed by atoms with Crippen LogP contribution in [-0.2, 0) is 9.84 Å². The molecule has 2 heterocycles. The highest BCUT2D eigenvalue weighted by atomic mass is 32.2. The Morgan fingerprint density at radius 2 is 1.83 bits per heavy atom. The maximum absolute atomic E-state index is 13.2. The van der Waals surface area contributed by atoms with Crippen LogP contribution >= 0.6 is 11.5 Å². The molecule has 1 aliphatic heterocycles. The zero-order valence-electron chi connectivity index (χ0n) is 16.7. The number of sulfone groups is 1. The lowest BCUT2D eigenvalue weighted by Crippen LogP contribution is -2.39. The van der Waals surface area contributed by atoms with Crippen LogP contribution in [0, 0.1) is 0 Å². The standard InChI is InChI=1S/C18H23N3O6S2/c1-25-13-8-12(9-14(26-2)16(13)27-3)17(22)21-7-5-6-11(10-21)15-18(28-20-19-15)29(4,23)24/h8-9,11H,5-7,10H2,1-4H3/t11-/m1/s1. The van der Waals surface area contributed by atoms with Crippen molar-refractivity contribution in [2.75, 3.05) is 40.7 Å². The highest BCUT2D eigenvalue weighted by Crippen LogP contribution is 2.39. The van der Waals surface area contributed by atoms with Gasteiger partial charge in [0.15, 0.2) is 25.5 Å². The van der Waals surface area contributed by atoms with Crippen LogP contribution in [0.4, 0.5) is 0 Å². The Hall–Kier alpha value is -2.40. The van der Waals surface area contributed by atoms with Crippen molar-refractivity contribution >= 4 is 27.3 Å². The molecule has 0 saturated carbocycles. The van der Waals surface area contributed by atoms with Gasteiger partial charge in [0, 0.05) is 42.4 Å². The van der Waals surface area contributed by atoms with Crippen molar-refractivity contribution < 1.29 is 27.4 Å². The molecule has 2 aromatic rings. The lowest BCUT2D eigenvalue weighted by atomic mass is 9.95. The van der Waals surface area contributed by atoms with Gasteiger partial charge in [-0.2, -0.15) is 0 Å². The average Bonchev–Trinajstić information content (AvgIpc) is 3.22. The number of nitrogens with zero attached hydrogens (tertiary/aromatic N) is 3. The Kier molecular flexibility index (Phi) is 6.27. The van der Waals surface area contributed by atoms with Gasteiger partial charge in [-0.05, 0) is 25.0 Å². The largest absolute Gasteiger partial charge is 0.493 e. The Morgan fingerprint density at radius 1 is 1.17 bits per heavy atom. The SMILES string of the molecule is COc1cc(C(=O)N2CCC[C@@H](c3nnsc3S(C)(=O)=O)C2)cc(OC)c1OC. The molecular formula is C18H23N3O6S2. The molecule has 29 heavy (non-hydrogen) atoms. The van der Waals surface area contributed by atoms with Crippen LogP contribution < -0.4 is 14.2 Å². The first-order chi connectivity index (χ1) is 13.8. The maximum atomic E-state index is 13.2. The zero-order valence-corrected chi connectivity index (χ0v) is 18.3. The number of methoxy groups -OCH3 is 3. The first-order valence-electron chi connectivity index (χ1n) is 8.91. The zero-order chi connectivity index (χ0) is 21.2. The molecule has 0 aliphatic carbocycles. The summed E-state index contributed by atoms with van der Waals surface area (Å²) in [5, 5.41) is 4.05. The van der Waals surface area contributed by atoms with Crippen LogP contribution in [0.15, 0.2) is 16.3 Å². The summed E-state index contributed by atoms with van der Waals surface area (Å²) in [4.78, 5) is 14.8. The van der Waals surface area contributed by atoms with E-state index in [-0.39, 0.29) is 16.0 Å². The van der Waals surface area contributed by atoms with E-state index >= 15 is 0 Å². The van der Waals surface area contributed by atoms with Crippen molar-refractivity contribution in [1.29, 1.82) is 0 Å². The highest BCUT2D eigenvalue weighted by Gasteiger charge is 2.32. The Bertz CT molecular complexity index is 980. The van der Waals surface area contributed by atoms with Gasteiger partial charge in [0.05, 0.1) is 27.0 Å². The molecule has 0 N–H and O–H groups in total. The van der Waals surface area contributed by atoms with Gasteiger partial charge < -0.3 is 19.1 Å². The summed E-state index contributed by atoms with van der Waals surface area (Å²) < 4.78 is 44.0. The van der Waals surface area contributed by atoms with E-state index in [1.165, 1.54) is 21.3 Å². The number of likely N-dealkylation sites (tertiary alicyclic amines) is 1. The number of piperidine rings is 1. The Labute approximate surface area is 173 Å². The van der Waals surface area contributed by atoms with Gasteiger partial charge in [0.25, 0.3) is 5.91 Å². The summed E-state index contributed by atoms with van der Waals surface area (Å²) in [6, 6.07) is 3.22. The van der Waals surface area contributed by atoms with Gasteiger partial charge in [-0.3, -0.25) is 4.79 Å². The van der Waals surface area contributed by atoms with Crippen molar-refractivity contribution in [2.45, 2.75) is 23.0 Å². The van der Waals surface area contributed by atoms with Crippen LogP contribution in [0.1, 0.15) is 34.8 Å². The fourth-order valence-corrected chi connectivity index (χ4v) is 5.20. The van der Waals surface area contributed by atoms with E-state index in [4.69, 9.17) is 14.2 Å². The molecule has 1 fully saturated rings. The number of amides is 1. The number of ether oxygens (including phenoxy) is 3. The van der Waals surface area contributed by atoms with Gasteiger partial charge in [0.1, 0.15) is 0 Å². The van der Waals surface area contributed by atoms with Gasteiger partial charge >= 0.3 is 0 Å². The fraction of sp³-hybridized carbons (Fsp3) is 0.500. The molecular weight excluding hydrogens is 418 g/mol. The third-order valence-corrected chi connectivity index (χ3v) is 7.38. The number of hydrogen-bond acceptors (Lipinski definition) is 9. The topological polar surface area (TPSA) is 108 Å². The van der Waals surface area contributed by atoms with Gasteiger partial charge in [0.2, 0.25) is 5.75 Å². The molecule has 0 spiro atoms. The van der Waals surface area contributed by atoms with Crippen LogP contribution in [-0.4, -0.2) is 69.5 Å². The number of rotatable bonds is 6. The minimum atomic E-state index is -3.41. The van der Waals surface area contributed by atoms with Crippen LogP contribution in [0.25, 0.3) is 0 Å².